The van der Waals surface area contributed by atoms with Gasteiger partial charge in [-0.1, -0.05) is 17.7 Å². The highest BCUT2D eigenvalue weighted by molar-refractivity contribution is 7.80. The smallest absolute Gasteiger partial charge is 0.231 e. The summed E-state index contributed by atoms with van der Waals surface area (Å²) in [5.41, 5.74) is 5.50. The van der Waals surface area contributed by atoms with Gasteiger partial charge in [-0.3, -0.25) is 4.98 Å². The Hall–Kier alpha value is -3.75. The lowest BCUT2D eigenvalue weighted by molar-refractivity contribution is 0.174. The number of pyridine rings is 1. The number of hydrogen-bond acceptors (Lipinski definition) is 5. The second kappa shape index (κ2) is 8.72. The summed E-state index contributed by atoms with van der Waals surface area (Å²) < 4.78 is 13.3. The molecule has 4 aromatic rings. The van der Waals surface area contributed by atoms with E-state index in [9.17, 15) is 5.11 Å². The number of rotatable bonds is 4. The summed E-state index contributed by atoms with van der Waals surface area (Å²) in [4.78, 5) is 6.55. The maximum absolute atomic E-state index is 10.8. The van der Waals surface area contributed by atoms with Crippen LogP contribution in [0.25, 0.3) is 5.69 Å². The molecule has 0 bridgehead atoms. The fourth-order valence-electron chi connectivity index (χ4n) is 5.13. The third-order valence-corrected chi connectivity index (χ3v) is 7.25. The zero-order valence-electron chi connectivity index (χ0n) is 19.6. The predicted molar refractivity (Wildman–Crippen MR) is 142 cm³/mol. The highest BCUT2D eigenvalue weighted by Gasteiger charge is 2.43. The van der Waals surface area contributed by atoms with Crippen molar-refractivity contribution in [2.75, 3.05) is 11.7 Å². The number of thiocarbonyl (C=S) groups is 1. The van der Waals surface area contributed by atoms with Crippen LogP contribution in [0.3, 0.4) is 0 Å². The number of nitrogens with one attached hydrogen (secondary N) is 1. The second-order valence-electron chi connectivity index (χ2n) is 8.83. The standard InChI is InChI=1S/C27H23ClN4O3S/c1-15-11-19(16(2)31(15)18-7-9-23-24(13-18)35-14-34-23)26-25(20-5-3-4-10-29-20)30-27(36)32(26)21-12-17(28)6-8-22(21)33/h3-13,25-26,33H,14H2,1-2H3,(H,30,36)/t25-,26-/m0/s1. The van der Waals surface area contributed by atoms with Gasteiger partial charge < -0.3 is 29.4 Å². The Morgan fingerprint density at radius 2 is 1.89 bits per heavy atom. The number of hydrogen-bond donors (Lipinski definition) is 2. The molecule has 2 N–H and O–H groups in total. The Bertz CT molecular complexity index is 1490. The molecule has 1 fully saturated rings. The van der Waals surface area contributed by atoms with Crippen LogP contribution in [0.5, 0.6) is 17.2 Å². The average Bonchev–Trinajstić information content (AvgIpc) is 3.56. The SMILES string of the molecule is Cc1cc([C@H]2[C@H](c3ccccn3)NC(=S)N2c2cc(Cl)ccc2O)c(C)n1-c1ccc2c(c1)OCO2. The number of ether oxygens (including phenoxy) is 2. The van der Waals surface area contributed by atoms with Crippen molar-refractivity contribution in [2.24, 2.45) is 0 Å². The summed E-state index contributed by atoms with van der Waals surface area (Å²) in [6, 6.07) is 18.4. The van der Waals surface area contributed by atoms with Crippen LogP contribution in [0.4, 0.5) is 5.69 Å². The lowest BCUT2D eigenvalue weighted by atomic mass is 9.96. The molecule has 2 aromatic heterocycles. The number of halogens is 1. The molecule has 4 heterocycles. The van der Waals surface area contributed by atoms with E-state index in [1.807, 2.05) is 41.3 Å². The number of phenolic OH excluding ortho intramolecular Hbond substituents is 1. The fourth-order valence-corrected chi connectivity index (χ4v) is 5.63. The number of benzene rings is 2. The highest BCUT2D eigenvalue weighted by Crippen LogP contribution is 2.46. The van der Waals surface area contributed by atoms with Crippen LogP contribution in [0.15, 0.2) is 66.9 Å². The normalized spacial score (nSPS) is 18.5. The van der Waals surface area contributed by atoms with Crippen LogP contribution < -0.4 is 19.7 Å². The first kappa shape index (κ1) is 22.7. The van der Waals surface area contributed by atoms with Crippen molar-refractivity contribution in [2.45, 2.75) is 25.9 Å². The van der Waals surface area contributed by atoms with E-state index < -0.39 is 0 Å². The molecule has 9 heteroatoms. The number of fused-ring (bicyclic) bond motifs is 1. The van der Waals surface area contributed by atoms with E-state index >= 15 is 0 Å². The van der Waals surface area contributed by atoms with Crippen LogP contribution in [-0.4, -0.2) is 26.6 Å². The van der Waals surface area contributed by atoms with Crippen molar-refractivity contribution in [3.63, 3.8) is 0 Å². The van der Waals surface area contributed by atoms with Gasteiger partial charge in [0.05, 0.1) is 23.5 Å². The Kier molecular flexibility index (Phi) is 5.50. The minimum atomic E-state index is -0.286. The van der Waals surface area contributed by atoms with Crippen LogP contribution in [0.2, 0.25) is 5.02 Å². The first-order valence-electron chi connectivity index (χ1n) is 11.5. The largest absolute Gasteiger partial charge is 0.506 e. The van der Waals surface area contributed by atoms with Crippen molar-refractivity contribution in [1.82, 2.24) is 14.9 Å². The average molecular weight is 519 g/mol. The maximum Gasteiger partial charge on any atom is 0.231 e. The summed E-state index contributed by atoms with van der Waals surface area (Å²) in [5.74, 6) is 1.56. The summed E-state index contributed by atoms with van der Waals surface area (Å²) in [6.45, 7) is 4.38. The summed E-state index contributed by atoms with van der Waals surface area (Å²) in [6.07, 6.45) is 1.77. The second-order valence-corrected chi connectivity index (χ2v) is 9.65. The van der Waals surface area contributed by atoms with Gasteiger partial charge in [0.15, 0.2) is 16.6 Å². The Balaban J connectivity index is 1.52. The molecule has 182 valence electrons. The third-order valence-electron chi connectivity index (χ3n) is 6.70. The molecule has 0 saturated carbocycles. The molecule has 7 nitrogen and oxygen atoms in total. The first-order chi connectivity index (χ1) is 17.4. The quantitative estimate of drug-likeness (QED) is 0.333. The zero-order valence-corrected chi connectivity index (χ0v) is 21.2. The minimum Gasteiger partial charge on any atom is -0.506 e. The van der Waals surface area contributed by atoms with E-state index in [4.69, 9.17) is 33.3 Å². The van der Waals surface area contributed by atoms with Gasteiger partial charge in [-0.25, -0.2) is 0 Å². The van der Waals surface area contributed by atoms with E-state index in [2.05, 4.69) is 34.8 Å². The summed E-state index contributed by atoms with van der Waals surface area (Å²) in [5, 5.41) is 15.2. The monoisotopic (exact) mass is 518 g/mol. The highest BCUT2D eigenvalue weighted by atomic mass is 35.5. The molecule has 2 aliphatic heterocycles. The molecule has 2 aliphatic rings. The van der Waals surface area contributed by atoms with Crippen LogP contribution >= 0.6 is 23.8 Å². The number of aryl methyl sites for hydroxylation is 1. The number of anilines is 1. The van der Waals surface area contributed by atoms with E-state index in [1.54, 1.807) is 24.4 Å². The van der Waals surface area contributed by atoms with Crippen molar-refractivity contribution >= 4 is 34.6 Å². The number of nitrogens with zero attached hydrogens (tertiary/aromatic N) is 3. The lowest BCUT2D eigenvalue weighted by Gasteiger charge is -2.28. The van der Waals surface area contributed by atoms with E-state index in [0.29, 0.717) is 15.8 Å². The van der Waals surface area contributed by atoms with Gasteiger partial charge in [-0.2, -0.15) is 0 Å². The van der Waals surface area contributed by atoms with Gasteiger partial charge >= 0.3 is 0 Å². The molecule has 6 rings (SSSR count). The topological polar surface area (TPSA) is 71.8 Å². The molecule has 0 aliphatic carbocycles. The van der Waals surface area contributed by atoms with Gasteiger partial charge in [-0.05, 0) is 80.2 Å². The van der Waals surface area contributed by atoms with Crippen LogP contribution in [0, 0.1) is 13.8 Å². The van der Waals surface area contributed by atoms with Gasteiger partial charge in [-0.15, -0.1) is 0 Å². The molecular weight excluding hydrogens is 496 g/mol. The van der Waals surface area contributed by atoms with Crippen molar-refractivity contribution < 1.29 is 14.6 Å². The molecule has 0 unspecified atom stereocenters. The fraction of sp³-hybridized carbons (Fsp3) is 0.185. The number of aromatic hydroxyl groups is 1. The van der Waals surface area contributed by atoms with Gasteiger partial charge in [0, 0.05) is 34.4 Å². The Labute approximate surface area is 218 Å². The molecule has 0 radical (unpaired) electrons. The van der Waals surface area contributed by atoms with Gasteiger partial charge in [0.2, 0.25) is 6.79 Å². The maximum atomic E-state index is 10.8. The first-order valence-corrected chi connectivity index (χ1v) is 12.3. The third kappa shape index (κ3) is 3.65. The lowest BCUT2D eigenvalue weighted by Crippen LogP contribution is -2.29. The predicted octanol–water partition coefficient (Wildman–Crippen LogP) is 5.75. The van der Waals surface area contributed by atoms with Crippen LogP contribution in [0.1, 0.15) is 34.7 Å². The van der Waals surface area contributed by atoms with Crippen molar-refractivity contribution in [3.05, 3.63) is 94.5 Å². The molecule has 0 amide bonds. The molecular formula is C27H23ClN4O3S. The molecule has 2 atom stereocenters. The van der Waals surface area contributed by atoms with Crippen molar-refractivity contribution in [1.29, 1.82) is 0 Å². The van der Waals surface area contributed by atoms with E-state index in [0.717, 1.165) is 39.8 Å². The molecule has 0 spiro atoms. The minimum absolute atomic E-state index is 0.0970. The van der Waals surface area contributed by atoms with E-state index in [1.165, 1.54) is 0 Å². The van der Waals surface area contributed by atoms with Gasteiger partial charge in [0.25, 0.3) is 0 Å². The zero-order chi connectivity index (χ0) is 25.0. The Morgan fingerprint density at radius 3 is 2.69 bits per heavy atom. The van der Waals surface area contributed by atoms with E-state index in [-0.39, 0.29) is 24.6 Å². The molecule has 36 heavy (non-hydrogen) atoms. The number of phenols is 1. The van der Waals surface area contributed by atoms with Crippen molar-refractivity contribution in [3.8, 4) is 22.9 Å². The molecule has 2 aromatic carbocycles. The summed E-state index contributed by atoms with van der Waals surface area (Å²) >= 11 is 12.1. The van der Waals surface area contributed by atoms with Gasteiger partial charge in [0.1, 0.15) is 5.75 Å². The number of aromatic nitrogens is 2. The Morgan fingerprint density at radius 1 is 1.06 bits per heavy atom. The van der Waals surface area contributed by atoms with Crippen LogP contribution in [-0.2, 0) is 0 Å². The molecule has 1 saturated heterocycles. The summed E-state index contributed by atoms with van der Waals surface area (Å²) in [7, 11) is 0.